The summed E-state index contributed by atoms with van der Waals surface area (Å²) >= 11 is 1.52. The van der Waals surface area contributed by atoms with E-state index in [-0.39, 0.29) is 11.8 Å². The summed E-state index contributed by atoms with van der Waals surface area (Å²) in [5, 5.41) is 6.24. The number of piperazine rings is 1. The Bertz CT molecular complexity index is 1310. The third kappa shape index (κ3) is 4.21. The third-order valence-electron chi connectivity index (χ3n) is 7.59. The summed E-state index contributed by atoms with van der Waals surface area (Å²) in [6.45, 7) is 4.87. The number of nitrogens with zero attached hydrogens (tertiary/aromatic N) is 3. The van der Waals surface area contributed by atoms with Crippen LogP contribution in [0.25, 0.3) is 21.5 Å². The summed E-state index contributed by atoms with van der Waals surface area (Å²) in [5.74, 6) is 0.296. The maximum Gasteiger partial charge on any atom is 0.263 e. The second-order valence-electron chi connectivity index (χ2n) is 9.52. The van der Waals surface area contributed by atoms with Gasteiger partial charge in [-0.05, 0) is 51.9 Å². The van der Waals surface area contributed by atoms with Crippen molar-refractivity contribution in [2.75, 3.05) is 39.3 Å². The fraction of sp³-hybridized carbons (Fsp3) is 0.310. The Labute approximate surface area is 209 Å². The predicted molar refractivity (Wildman–Crippen MR) is 142 cm³/mol. The van der Waals surface area contributed by atoms with E-state index in [1.54, 1.807) is 0 Å². The standard InChI is InChI=1S/C29H29N3O2S/c33-28(26-10-5-19-35-26)31-13-11-23(12-14-31)30-15-17-32(18-16-30)29(34)27-24-8-3-1-6-21(24)20-22-7-2-4-9-25(22)27/h1-10,19-20,23H,11-18H2. The number of rotatable bonds is 3. The van der Waals surface area contributed by atoms with Gasteiger partial charge in [0.05, 0.1) is 10.4 Å². The van der Waals surface area contributed by atoms with Gasteiger partial charge in [-0.25, -0.2) is 0 Å². The summed E-state index contributed by atoms with van der Waals surface area (Å²) in [6.07, 6.45) is 2.00. The van der Waals surface area contributed by atoms with Crippen molar-refractivity contribution in [3.63, 3.8) is 0 Å². The molecule has 0 bridgehead atoms. The molecular formula is C29H29N3O2S. The molecule has 1 aromatic heterocycles. The summed E-state index contributed by atoms with van der Waals surface area (Å²) in [6, 6.07) is 22.9. The van der Waals surface area contributed by atoms with Gasteiger partial charge in [0, 0.05) is 45.3 Å². The summed E-state index contributed by atoms with van der Waals surface area (Å²) in [4.78, 5) is 33.8. The second kappa shape index (κ2) is 9.44. The van der Waals surface area contributed by atoms with Crippen LogP contribution in [0.15, 0.2) is 72.1 Å². The topological polar surface area (TPSA) is 43.9 Å². The fourth-order valence-electron chi connectivity index (χ4n) is 5.68. The molecule has 2 aliphatic rings. The van der Waals surface area contributed by atoms with Gasteiger partial charge >= 0.3 is 0 Å². The lowest BCUT2D eigenvalue weighted by Crippen LogP contribution is -2.54. The number of likely N-dealkylation sites (tertiary alicyclic amines) is 1. The van der Waals surface area contributed by atoms with Gasteiger partial charge in [-0.2, -0.15) is 0 Å². The van der Waals surface area contributed by atoms with Crippen molar-refractivity contribution >= 4 is 44.7 Å². The van der Waals surface area contributed by atoms with E-state index in [1.807, 2.05) is 51.6 Å². The Hall–Kier alpha value is -3.22. The number of benzene rings is 3. The Kier molecular flexibility index (Phi) is 6.00. The van der Waals surface area contributed by atoms with Crippen LogP contribution < -0.4 is 0 Å². The predicted octanol–water partition coefficient (Wildman–Crippen LogP) is 5.12. The van der Waals surface area contributed by atoms with Crippen LogP contribution in [-0.4, -0.2) is 71.8 Å². The van der Waals surface area contributed by atoms with Crippen LogP contribution >= 0.6 is 11.3 Å². The molecule has 4 aromatic rings. The van der Waals surface area contributed by atoms with Crippen molar-refractivity contribution in [3.05, 3.63) is 82.6 Å². The van der Waals surface area contributed by atoms with E-state index in [0.29, 0.717) is 6.04 Å². The smallest absolute Gasteiger partial charge is 0.263 e. The molecule has 6 rings (SSSR count). The normalized spacial score (nSPS) is 17.8. The number of carbonyl (C=O) groups excluding carboxylic acids is 2. The van der Waals surface area contributed by atoms with Crippen LogP contribution in [-0.2, 0) is 0 Å². The van der Waals surface area contributed by atoms with E-state index < -0.39 is 0 Å². The van der Waals surface area contributed by atoms with E-state index >= 15 is 0 Å². The molecule has 2 fully saturated rings. The first-order valence-corrected chi connectivity index (χ1v) is 13.3. The highest BCUT2D eigenvalue weighted by Gasteiger charge is 2.31. The van der Waals surface area contributed by atoms with Gasteiger partial charge in [-0.1, -0.05) is 54.6 Å². The lowest BCUT2D eigenvalue weighted by Gasteiger charge is -2.42. The minimum atomic E-state index is 0.133. The van der Waals surface area contributed by atoms with E-state index in [1.165, 1.54) is 11.3 Å². The van der Waals surface area contributed by atoms with Gasteiger partial charge in [0.25, 0.3) is 11.8 Å². The summed E-state index contributed by atoms with van der Waals surface area (Å²) in [5.41, 5.74) is 0.826. The number of piperidine rings is 1. The highest BCUT2D eigenvalue weighted by molar-refractivity contribution is 7.12. The Morgan fingerprint density at radius 1 is 0.686 bits per heavy atom. The fourth-order valence-corrected chi connectivity index (χ4v) is 6.37. The molecule has 2 saturated heterocycles. The first-order valence-electron chi connectivity index (χ1n) is 12.5. The first kappa shape index (κ1) is 22.3. The molecule has 0 N–H and O–H groups in total. The maximum atomic E-state index is 13.8. The van der Waals surface area contributed by atoms with Crippen LogP contribution in [0.2, 0.25) is 0 Å². The molecule has 3 heterocycles. The van der Waals surface area contributed by atoms with Gasteiger partial charge in [0.1, 0.15) is 0 Å². The van der Waals surface area contributed by atoms with Gasteiger partial charge in [0.2, 0.25) is 0 Å². The van der Waals surface area contributed by atoms with Gasteiger partial charge in [-0.3, -0.25) is 14.5 Å². The van der Waals surface area contributed by atoms with Crippen molar-refractivity contribution in [2.24, 2.45) is 0 Å². The highest BCUT2D eigenvalue weighted by atomic mass is 32.1. The average molecular weight is 484 g/mol. The van der Waals surface area contributed by atoms with Gasteiger partial charge in [-0.15, -0.1) is 11.3 Å². The van der Waals surface area contributed by atoms with Gasteiger partial charge in [0.15, 0.2) is 0 Å². The lowest BCUT2D eigenvalue weighted by atomic mass is 9.95. The van der Waals surface area contributed by atoms with Gasteiger partial charge < -0.3 is 9.80 Å². The van der Waals surface area contributed by atoms with E-state index in [2.05, 4.69) is 35.2 Å². The molecule has 2 amide bonds. The molecule has 35 heavy (non-hydrogen) atoms. The van der Waals surface area contributed by atoms with Crippen molar-refractivity contribution in [1.29, 1.82) is 0 Å². The zero-order valence-electron chi connectivity index (χ0n) is 19.7. The largest absolute Gasteiger partial charge is 0.338 e. The second-order valence-corrected chi connectivity index (χ2v) is 10.5. The Morgan fingerprint density at radius 3 is 1.89 bits per heavy atom. The summed E-state index contributed by atoms with van der Waals surface area (Å²) in [7, 11) is 0. The van der Waals surface area contributed by atoms with Crippen LogP contribution in [0.3, 0.4) is 0 Å². The average Bonchev–Trinajstić information content (AvgIpc) is 3.46. The van der Waals surface area contributed by atoms with Crippen LogP contribution in [0.1, 0.15) is 32.9 Å². The minimum Gasteiger partial charge on any atom is -0.338 e. The van der Waals surface area contributed by atoms with Crippen LogP contribution in [0.5, 0.6) is 0 Å². The Morgan fingerprint density at radius 2 is 1.29 bits per heavy atom. The lowest BCUT2D eigenvalue weighted by molar-refractivity contribution is 0.0415. The summed E-state index contributed by atoms with van der Waals surface area (Å²) < 4.78 is 0. The zero-order chi connectivity index (χ0) is 23.8. The molecule has 0 atom stereocenters. The van der Waals surface area contributed by atoms with Crippen molar-refractivity contribution in [1.82, 2.24) is 14.7 Å². The number of carbonyl (C=O) groups is 2. The molecule has 0 unspecified atom stereocenters. The number of thiophene rings is 1. The third-order valence-corrected chi connectivity index (χ3v) is 8.44. The molecule has 0 aliphatic carbocycles. The molecule has 0 spiro atoms. The molecule has 5 nitrogen and oxygen atoms in total. The number of hydrogen-bond donors (Lipinski definition) is 0. The minimum absolute atomic E-state index is 0.133. The number of amides is 2. The van der Waals surface area contributed by atoms with E-state index in [4.69, 9.17) is 0 Å². The number of fused-ring (bicyclic) bond motifs is 2. The molecular weight excluding hydrogens is 454 g/mol. The molecule has 0 saturated carbocycles. The molecule has 6 heteroatoms. The molecule has 178 valence electrons. The SMILES string of the molecule is O=C(c1cccs1)N1CCC(N2CCN(C(=O)c3c4ccccc4cc4ccccc34)CC2)CC1. The number of hydrogen-bond acceptors (Lipinski definition) is 4. The zero-order valence-corrected chi connectivity index (χ0v) is 20.5. The van der Waals surface area contributed by atoms with E-state index in [0.717, 1.165) is 84.1 Å². The monoisotopic (exact) mass is 483 g/mol. The molecule has 0 radical (unpaired) electrons. The molecule has 2 aliphatic heterocycles. The van der Waals surface area contributed by atoms with Crippen LogP contribution in [0.4, 0.5) is 0 Å². The van der Waals surface area contributed by atoms with E-state index in [9.17, 15) is 9.59 Å². The van der Waals surface area contributed by atoms with Crippen LogP contribution in [0, 0.1) is 0 Å². The molecule has 3 aromatic carbocycles. The quantitative estimate of drug-likeness (QED) is 0.380. The maximum absolute atomic E-state index is 13.8. The highest BCUT2D eigenvalue weighted by Crippen LogP contribution is 2.30. The Balaban J connectivity index is 1.13. The first-order chi connectivity index (χ1) is 17.2. The van der Waals surface area contributed by atoms with Crippen molar-refractivity contribution in [2.45, 2.75) is 18.9 Å². The van der Waals surface area contributed by atoms with Crippen molar-refractivity contribution < 1.29 is 9.59 Å². The van der Waals surface area contributed by atoms with Crippen molar-refractivity contribution in [3.8, 4) is 0 Å².